The Morgan fingerprint density at radius 3 is 2.44 bits per heavy atom. The molecule has 1 atom stereocenters. The summed E-state index contributed by atoms with van der Waals surface area (Å²) >= 11 is 3.39. The molecule has 0 saturated heterocycles. The van der Waals surface area contributed by atoms with Gasteiger partial charge >= 0.3 is 0 Å². The number of amides is 1. The number of likely N-dealkylation sites (N-methyl/N-ethyl adjacent to an activating group) is 1. The van der Waals surface area contributed by atoms with Crippen LogP contribution in [0.25, 0.3) is 0 Å². The minimum Gasteiger partial charge on any atom is -0.348 e. The summed E-state index contributed by atoms with van der Waals surface area (Å²) in [5.74, 6) is -0.356. The summed E-state index contributed by atoms with van der Waals surface area (Å²) in [4.78, 5) is 12.4. The second-order valence-electron chi connectivity index (χ2n) is 5.92. The fraction of sp³-hybridized carbons (Fsp3) is 0.278. The Morgan fingerprint density at radius 2 is 1.84 bits per heavy atom. The highest BCUT2D eigenvalue weighted by Crippen LogP contribution is 2.18. The van der Waals surface area contributed by atoms with E-state index in [1.807, 2.05) is 38.1 Å². The number of sulfonamides is 1. The Balaban J connectivity index is 2.03. The Labute approximate surface area is 157 Å². The van der Waals surface area contributed by atoms with Crippen LogP contribution in [0.3, 0.4) is 0 Å². The van der Waals surface area contributed by atoms with Gasteiger partial charge in [-0.1, -0.05) is 45.8 Å². The first-order chi connectivity index (χ1) is 11.7. The van der Waals surface area contributed by atoms with Gasteiger partial charge in [-0.2, -0.15) is 4.31 Å². The molecule has 1 N–H and O–H groups in total. The molecule has 0 bridgehead atoms. The topological polar surface area (TPSA) is 66.5 Å². The lowest BCUT2D eigenvalue weighted by atomic mass is 10.1. The number of benzene rings is 2. The third-order valence-electron chi connectivity index (χ3n) is 3.82. The van der Waals surface area contributed by atoms with E-state index in [0.29, 0.717) is 0 Å². The van der Waals surface area contributed by atoms with E-state index in [9.17, 15) is 13.2 Å². The lowest BCUT2D eigenvalue weighted by molar-refractivity contribution is -0.121. The summed E-state index contributed by atoms with van der Waals surface area (Å²) in [6, 6.07) is 13.9. The number of carbonyl (C=O) groups is 1. The maximum absolute atomic E-state index is 12.5. The van der Waals surface area contributed by atoms with Crippen molar-refractivity contribution in [3.63, 3.8) is 0 Å². The third-order valence-corrected chi connectivity index (χ3v) is 6.13. The van der Waals surface area contributed by atoms with Crippen LogP contribution in [0.4, 0.5) is 0 Å². The highest BCUT2D eigenvalue weighted by Gasteiger charge is 2.23. The molecule has 2 rings (SSSR count). The van der Waals surface area contributed by atoms with Crippen molar-refractivity contribution in [1.82, 2.24) is 9.62 Å². The maximum atomic E-state index is 12.5. The molecule has 0 unspecified atom stereocenters. The van der Waals surface area contributed by atoms with Gasteiger partial charge in [0.15, 0.2) is 0 Å². The normalized spacial score (nSPS) is 12.8. The number of rotatable bonds is 6. The Kier molecular flexibility index (Phi) is 6.37. The van der Waals surface area contributed by atoms with Crippen LogP contribution in [0.1, 0.15) is 24.1 Å². The van der Waals surface area contributed by atoms with Gasteiger partial charge in [0.1, 0.15) is 0 Å². The van der Waals surface area contributed by atoms with E-state index in [1.165, 1.54) is 7.05 Å². The summed E-state index contributed by atoms with van der Waals surface area (Å²) in [6.45, 7) is 3.50. The van der Waals surface area contributed by atoms with Crippen LogP contribution < -0.4 is 5.32 Å². The van der Waals surface area contributed by atoms with Crippen LogP contribution in [0, 0.1) is 6.92 Å². The standard InChI is InChI=1S/C18H21BrN2O3S/c1-13-7-9-17(10-8-13)25(23,24)21(3)12-18(22)20-14(2)15-5-4-6-16(19)11-15/h4-11,14H,12H2,1-3H3,(H,20,22)/t14-/m0/s1. The average Bonchev–Trinajstić information content (AvgIpc) is 2.55. The molecule has 1 amide bonds. The number of nitrogens with one attached hydrogen (secondary N) is 1. The average molecular weight is 425 g/mol. The molecule has 0 saturated carbocycles. The molecule has 2 aromatic carbocycles. The summed E-state index contributed by atoms with van der Waals surface area (Å²) in [6.07, 6.45) is 0. The largest absolute Gasteiger partial charge is 0.348 e. The lowest BCUT2D eigenvalue weighted by Crippen LogP contribution is -2.39. The first-order valence-electron chi connectivity index (χ1n) is 7.78. The van der Waals surface area contributed by atoms with Crippen LogP contribution in [-0.2, 0) is 14.8 Å². The van der Waals surface area contributed by atoms with Crippen LogP contribution >= 0.6 is 15.9 Å². The van der Waals surface area contributed by atoms with E-state index in [-0.39, 0.29) is 23.4 Å². The molecular formula is C18H21BrN2O3S. The van der Waals surface area contributed by atoms with E-state index in [4.69, 9.17) is 0 Å². The number of hydrogen-bond donors (Lipinski definition) is 1. The van der Waals surface area contributed by atoms with Crippen LogP contribution in [-0.4, -0.2) is 32.2 Å². The van der Waals surface area contributed by atoms with Crippen molar-refractivity contribution < 1.29 is 13.2 Å². The first kappa shape index (κ1) is 19.6. The number of aryl methyl sites for hydroxylation is 1. The van der Waals surface area contributed by atoms with Crippen molar-refractivity contribution in [2.45, 2.75) is 24.8 Å². The van der Waals surface area contributed by atoms with Gasteiger partial charge in [-0.25, -0.2) is 8.42 Å². The molecule has 0 heterocycles. The molecule has 25 heavy (non-hydrogen) atoms. The first-order valence-corrected chi connectivity index (χ1v) is 10.0. The zero-order valence-electron chi connectivity index (χ0n) is 14.4. The van der Waals surface area contributed by atoms with Crippen molar-refractivity contribution in [2.24, 2.45) is 0 Å². The Hall–Kier alpha value is -1.70. The minimum absolute atomic E-state index is 0.174. The predicted molar refractivity (Wildman–Crippen MR) is 102 cm³/mol. The molecule has 0 fully saturated rings. The number of hydrogen-bond acceptors (Lipinski definition) is 3. The van der Waals surface area contributed by atoms with Gasteiger partial charge in [-0.15, -0.1) is 0 Å². The van der Waals surface area contributed by atoms with Gasteiger partial charge in [0.05, 0.1) is 17.5 Å². The van der Waals surface area contributed by atoms with Crippen molar-refractivity contribution in [3.8, 4) is 0 Å². The minimum atomic E-state index is -3.69. The van der Waals surface area contributed by atoms with Crippen molar-refractivity contribution in [1.29, 1.82) is 0 Å². The molecule has 7 heteroatoms. The highest BCUT2D eigenvalue weighted by atomic mass is 79.9. The lowest BCUT2D eigenvalue weighted by Gasteiger charge is -2.19. The second-order valence-corrected chi connectivity index (χ2v) is 8.88. The summed E-state index contributed by atoms with van der Waals surface area (Å²) in [5, 5.41) is 2.82. The van der Waals surface area contributed by atoms with E-state index in [0.717, 1.165) is 19.9 Å². The zero-order chi connectivity index (χ0) is 18.6. The molecule has 0 aromatic heterocycles. The summed E-state index contributed by atoms with van der Waals surface area (Å²) in [5.41, 5.74) is 1.91. The number of carbonyl (C=O) groups excluding carboxylic acids is 1. The second kappa shape index (κ2) is 8.12. The maximum Gasteiger partial charge on any atom is 0.243 e. The smallest absolute Gasteiger partial charge is 0.243 e. The number of halogens is 1. The van der Waals surface area contributed by atoms with E-state index in [2.05, 4.69) is 21.2 Å². The molecule has 0 aliphatic carbocycles. The van der Waals surface area contributed by atoms with Gasteiger partial charge in [0, 0.05) is 11.5 Å². The quantitative estimate of drug-likeness (QED) is 0.773. The van der Waals surface area contributed by atoms with Gasteiger partial charge < -0.3 is 5.32 Å². The van der Waals surface area contributed by atoms with Crippen LogP contribution in [0.5, 0.6) is 0 Å². The number of nitrogens with zero attached hydrogens (tertiary/aromatic N) is 1. The van der Waals surface area contributed by atoms with Crippen molar-refractivity contribution in [3.05, 3.63) is 64.1 Å². The van der Waals surface area contributed by atoms with E-state index < -0.39 is 10.0 Å². The zero-order valence-corrected chi connectivity index (χ0v) is 16.8. The summed E-state index contributed by atoms with van der Waals surface area (Å²) < 4.78 is 27.0. The molecule has 0 spiro atoms. The molecule has 2 aromatic rings. The van der Waals surface area contributed by atoms with Crippen LogP contribution in [0.2, 0.25) is 0 Å². The molecular weight excluding hydrogens is 404 g/mol. The molecule has 134 valence electrons. The SMILES string of the molecule is Cc1ccc(S(=O)(=O)N(C)CC(=O)N[C@@H](C)c2cccc(Br)c2)cc1. The Morgan fingerprint density at radius 1 is 1.20 bits per heavy atom. The highest BCUT2D eigenvalue weighted by molar-refractivity contribution is 9.10. The molecule has 0 radical (unpaired) electrons. The monoisotopic (exact) mass is 424 g/mol. The predicted octanol–water partition coefficient (Wildman–Crippen LogP) is 3.26. The fourth-order valence-corrected chi connectivity index (χ4v) is 3.87. The summed E-state index contributed by atoms with van der Waals surface area (Å²) in [7, 11) is -2.29. The van der Waals surface area contributed by atoms with Crippen molar-refractivity contribution in [2.75, 3.05) is 13.6 Å². The van der Waals surface area contributed by atoms with E-state index in [1.54, 1.807) is 24.3 Å². The van der Waals surface area contributed by atoms with Crippen LogP contribution in [0.15, 0.2) is 57.9 Å². The fourth-order valence-electron chi connectivity index (χ4n) is 2.32. The molecule has 5 nitrogen and oxygen atoms in total. The Bertz CT molecular complexity index is 851. The molecule has 0 aliphatic heterocycles. The molecule has 0 aliphatic rings. The van der Waals surface area contributed by atoms with Gasteiger partial charge in [0.2, 0.25) is 15.9 Å². The van der Waals surface area contributed by atoms with Gasteiger partial charge in [-0.05, 0) is 43.7 Å². The van der Waals surface area contributed by atoms with Crippen molar-refractivity contribution >= 4 is 31.9 Å². The van der Waals surface area contributed by atoms with E-state index >= 15 is 0 Å². The van der Waals surface area contributed by atoms with Gasteiger partial charge in [0.25, 0.3) is 0 Å². The third kappa shape index (κ3) is 5.14. The van der Waals surface area contributed by atoms with Gasteiger partial charge in [-0.3, -0.25) is 4.79 Å².